The van der Waals surface area contributed by atoms with Crippen LogP contribution in [-0.2, 0) is 10.0 Å². The summed E-state index contributed by atoms with van der Waals surface area (Å²) in [6.07, 6.45) is 0. The zero-order chi connectivity index (χ0) is 21.0. The third-order valence-corrected chi connectivity index (χ3v) is 5.88. The molecule has 0 unspecified atom stereocenters. The molecule has 30 heavy (non-hydrogen) atoms. The molecule has 11 heteroatoms. The number of benzene rings is 2. The van der Waals surface area contributed by atoms with Gasteiger partial charge in [-0.15, -0.1) is 12.4 Å². The summed E-state index contributed by atoms with van der Waals surface area (Å²) < 4.78 is 63.5. The fourth-order valence-electron chi connectivity index (χ4n) is 3.10. The molecular formula is C19H24ClF2N3O4S. The number of nitrogens with zero attached hydrogens (tertiary/aromatic N) is 1. The Morgan fingerprint density at radius 2 is 1.80 bits per heavy atom. The maximum Gasteiger partial charge on any atom is 0.387 e. The van der Waals surface area contributed by atoms with Crippen LogP contribution in [0.15, 0.2) is 41.3 Å². The molecule has 1 heterocycles. The van der Waals surface area contributed by atoms with Crippen molar-refractivity contribution in [3.05, 3.63) is 42.0 Å². The second-order valence-electron chi connectivity index (χ2n) is 6.55. The van der Waals surface area contributed by atoms with E-state index in [2.05, 4.69) is 14.8 Å². The number of hydrogen-bond acceptors (Lipinski definition) is 6. The van der Waals surface area contributed by atoms with Crippen LogP contribution in [0.5, 0.6) is 11.5 Å². The zero-order valence-electron chi connectivity index (χ0n) is 16.5. The molecule has 0 atom stereocenters. The van der Waals surface area contributed by atoms with Gasteiger partial charge >= 0.3 is 6.61 Å². The van der Waals surface area contributed by atoms with Gasteiger partial charge in [0.25, 0.3) is 10.0 Å². The summed E-state index contributed by atoms with van der Waals surface area (Å²) in [5, 5.41) is 3.24. The minimum atomic E-state index is -4.04. The first-order valence-electron chi connectivity index (χ1n) is 9.02. The molecule has 0 saturated carbocycles. The van der Waals surface area contributed by atoms with Crippen molar-refractivity contribution in [2.24, 2.45) is 0 Å². The number of hydrogen-bond donors (Lipinski definition) is 2. The Morgan fingerprint density at radius 3 is 2.43 bits per heavy atom. The smallest absolute Gasteiger partial charge is 0.387 e. The van der Waals surface area contributed by atoms with Gasteiger partial charge in [0.1, 0.15) is 11.5 Å². The number of piperazine rings is 1. The molecule has 1 aliphatic heterocycles. The molecule has 0 amide bonds. The predicted molar refractivity (Wildman–Crippen MR) is 114 cm³/mol. The number of sulfonamides is 1. The van der Waals surface area contributed by atoms with Crippen molar-refractivity contribution < 1.29 is 26.7 Å². The Kier molecular flexibility index (Phi) is 8.10. The highest BCUT2D eigenvalue weighted by Gasteiger charge is 2.22. The van der Waals surface area contributed by atoms with E-state index in [1.165, 1.54) is 31.4 Å². The molecule has 7 nitrogen and oxygen atoms in total. The average Bonchev–Trinajstić information content (AvgIpc) is 2.69. The molecule has 1 aliphatic rings. The first kappa shape index (κ1) is 24.0. The van der Waals surface area contributed by atoms with Crippen molar-refractivity contribution in [2.45, 2.75) is 18.4 Å². The molecule has 0 aromatic heterocycles. The molecule has 0 bridgehead atoms. The molecule has 0 radical (unpaired) electrons. The van der Waals surface area contributed by atoms with Crippen LogP contribution >= 0.6 is 12.4 Å². The van der Waals surface area contributed by atoms with Crippen LogP contribution in [0.1, 0.15) is 5.56 Å². The van der Waals surface area contributed by atoms with Crippen molar-refractivity contribution in [3.63, 3.8) is 0 Å². The van der Waals surface area contributed by atoms with Crippen LogP contribution in [0.3, 0.4) is 0 Å². The number of anilines is 2. The minimum Gasteiger partial charge on any atom is -0.495 e. The van der Waals surface area contributed by atoms with E-state index < -0.39 is 16.6 Å². The van der Waals surface area contributed by atoms with Gasteiger partial charge in [-0.1, -0.05) is 6.07 Å². The highest BCUT2D eigenvalue weighted by molar-refractivity contribution is 7.92. The first-order valence-corrected chi connectivity index (χ1v) is 10.5. The molecule has 1 fully saturated rings. The van der Waals surface area contributed by atoms with Gasteiger partial charge < -0.3 is 19.7 Å². The van der Waals surface area contributed by atoms with Crippen LogP contribution in [0.4, 0.5) is 20.2 Å². The molecule has 0 aliphatic carbocycles. The molecule has 2 aromatic carbocycles. The normalized spacial score (nSPS) is 14.2. The molecule has 1 saturated heterocycles. The molecule has 0 spiro atoms. The van der Waals surface area contributed by atoms with E-state index in [0.717, 1.165) is 13.1 Å². The predicted octanol–water partition coefficient (Wildman–Crippen LogP) is 3.24. The highest BCUT2D eigenvalue weighted by Crippen LogP contribution is 2.34. The van der Waals surface area contributed by atoms with E-state index in [1.54, 1.807) is 19.1 Å². The second-order valence-corrected chi connectivity index (χ2v) is 8.24. The summed E-state index contributed by atoms with van der Waals surface area (Å²) >= 11 is 0. The monoisotopic (exact) mass is 463 g/mol. The SMILES string of the molecule is COc1ccc(S(=O)(=O)Nc2ccc(C)cc2OC(F)F)cc1N1CCNCC1.Cl. The van der Waals surface area contributed by atoms with Gasteiger partial charge in [0.2, 0.25) is 0 Å². The van der Waals surface area contributed by atoms with Gasteiger partial charge in [-0.05, 0) is 42.8 Å². The molecular weight excluding hydrogens is 440 g/mol. The summed E-state index contributed by atoms with van der Waals surface area (Å²) in [5.41, 5.74) is 1.26. The largest absolute Gasteiger partial charge is 0.495 e. The lowest BCUT2D eigenvalue weighted by atomic mass is 10.2. The molecule has 3 rings (SSSR count). The van der Waals surface area contributed by atoms with Crippen molar-refractivity contribution in [1.82, 2.24) is 5.32 Å². The van der Waals surface area contributed by atoms with Gasteiger partial charge in [0.05, 0.1) is 23.4 Å². The number of aryl methyl sites for hydroxylation is 1. The van der Waals surface area contributed by atoms with Crippen molar-refractivity contribution in [3.8, 4) is 11.5 Å². The summed E-state index contributed by atoms with van der Waals surface area (Å²) in [4.78, 5) is 2.03. The number of methoxy groups -OCH3 is 1. The van der Waals surface area contributed by atoms with E-state index in [9.17, 15) is 17.2 Å². The van der Waals surface area contributed by atoms with Crippen LogP contribution < -0.4 is 24.4 Å². The van der Waals surface area contributed by atoms with E-state index in [0.29, 0.717) is 30.1 Å². The average molecular weight is 464 g/mol. The summed E-state index contributed by atoms with van der Waals surface area (Å²) in [6.45, 7) is 1.58. The van der Waals surface area contributed by atoms with E-state index in [1.807, 2.05) is 4.90 Å². The molecule has 2 aromatic rings. The quantitative estimate of drug-likeness (QED) is 0.656. The zero-order valence-corrected chi connectivity index (χ0v) is 18.2. The van der Waals surface area contributed by atoms with Gasteiger partial charge in [0, 0.05) is 26.2 Å². The summed E-state index contributed by atoms with van der Waals surface area (Å²) in [6, 6.07) is 8.87. The maximum absolute atomic E-state index is 12.9. The lowest BCUT2D eigenvalue weighted by molar-refractivity contribution is -0.0493. The summed E-state index contributed by atoms with van der Waals surface area (Å²) in [7, 11) is -2.52. The first-order chi connectivity index (χ1) is 13.8. The second kappa shape index (κ2) is 10.1. The van der Waals surface area contributed by atoms with Crippen molar-refractivity contribution >= 4 is 33.8 Å². The Balaban J connectivity index is 0.00000320. The van der Waals surface area contributed by atoms with Gasteiger partial charge in [-0.3, -0.25) is 4.72 Å². The third kappa shape index (κ3) is 5.65. The van der Waals surface area contributed by atoms with Gasteiger partial charge in [-0.2, -0.15) is 8.78 Å². The fourth-order valence-corrected chi connectivity index (χ4v) is 4.19. The van der Waals surface area contributed by atoms with Crippen LogP contribution in [-0.4, -0.2) is 48.3 Å². The number of ether oxygens (including phenoxy) is 2. The standard InChI is InChI=1S/C19H23F2N3O4S.ClH/c1-13-3-5-15(18(11-13)28-19(20)21)23-29(25,26)14-4-6-17(27-2)16(12-14)24-9-7-22-8-10-24;/h3-6,11-12,19,22-23H,7-10H2,1-2H3;1H. The third-order valence-electron chi connectivity index (χ3n) is 4.52. The minimum absolute atomic E-state index is 0. The number of alkyl halides is 2. The van der Waals surface area contributed by atoms with Crippen molar-refractivity contribution in [1.29, 1.82) is 0 Å². The number of nitrogens with one attached hydrogen (secondary N) is 2. The maximum atomic E-state index is 12.9. The lowest BCUT2D eigenvalue weighted by Gasteiger charge is -2.30. The Hall–Kier alpha value is -2.30. The number of rotatable bonds is 7. The fraction of sp³-hybridized carbons (Fsp3) is 0.368. The van der Waals surface area contributed by atoms with Gasteiger partial charge in [-0.25, -0.2) is 8.42 Å². The number of halogens is 3. The summed E-state index contributed by atoms with van der Waals surface area (Å²) in [5.74, 6) is 0.322. The van der Waals surface area contributed by atoms with E-state index in [-0.39, 0.29) is 28.7 Å². The van der Waals surface area contributed by atoms with Crippen LogP contribution in [0.2, 0.25) is 0 Å². The highest BCUT2D eigenvalue weighted by atomic mass is 35.5. The molecule has 2 N–H and O–H groups in total. The Bertz CT molecular complexity index is 970. The lowest BCUT2D eigenvalue weighted by Crippen LogP contribution is -2.43. The van der Waals surface area contributed by atoms with Crippen LogP contribution in [0.25, 0.3) is 0 Å². The van der Waals surface area contributed by atoms with Crippen molar-refractivity contribution in [2.75, 3.05) is 42.9 Å². The topological polar surface area (TPSA) is 79.9 Å². The Labute approximate surface area is 180 Å². The van der Waals surface area contributed by atoms with Gasteiger partial charge in [0.15, 0.2) is 0 Å². The van der Waals surface area contributed by atoms with E-state index in [4.69, 9.17) is 4.74 Å². The van der Waals surface area contributed by atoms with E-state index >= 15 is 0 Å². The molecule has 166 valence electrons. The Morgan fingerprint density at radius 1 is 1.10 bits per heavy atom. The van der Waals surface area contributed by atoms with Crippen LogP contribution in [0, 0.1) is 6.92 Å².